The molecule has 0 saturated carbocycles. The number of hydrogen-bond donors (Lipinski definition) is 3. The van der Waals surface area contributed by atoms with Crippen LogP contribution < -0.4 is 16.2 Å². The first kappa shape index (κ1) is 13.0. The Balaban J connectivity index is 2.59. The molecule has 0 heterocycles. The highest BCUT2D eigenvalue weighted by Crippen LogP contribution is 2.22. The minimum absolute atomic E-state index is 0.242. The molecule has 16 heavy (non-hydrogen) atoms. The molecule has 0 bridgehead atoms. The zero-order chi connectivity index (χ0) is 12.1. The van der Waals surface area contributed by atoms with Gasteiger partial charge in [-0.05, 0) is 30.4 Å². The van der Waals surface area contributed by atoms with Crippen LogP contribution in [-0.4, -0.2) is 11.0 Å². The third-order valence-corrected chi connectivity index (χ3v) is 2.11. The predicted octanol–water partition coefficient (Wildman–Crippen LogP) is 2.33. The number of carbonyl (C=O) groups is 1. The van der Waals surface area contributed by atoms with Gasteiger partial charge < -0.3 is 5.32 Å². The van der Waals surface area contributed by atoms with E-state index in [4.69, 9.17) is 35.4 Å². The monoisotopic (exact) mass is 277 g/mol. The van der Waals surface area contributed by atoms with Crippen LogP contribution in [0.3, 0.4) is 0 Å². The summed E-state index contributed by atoms with van der Waals surface area (Å²) in [6, 6.07) is 4.93. The standard InChI is InChI=1S/C9H9Cl2N3OS/c1-5(15)13-14-9(16)12-8-3-6(10)2-7(11)4-8/h2-4H,1H3,(H,13,15)(H2,12,14,16). The predicted molar refractivity (Wildman–Crippen MR) is 69.6 cm³/mol. The number of carbonyl (C=O) groups excluding carboxylic acids is 1. The van der Waals surface area contributed by atoms with Crippen LogP contribution in [0.4, 0.5) is 5.69 Å². The van der Waals surface area contributed by atoms with Crippen LogP contribution in [0.1, 0.15) is 6.92 Å². The van der Waals surface area contributed by atoms with Crippen molar-refractivity contribution in [1.29, 1.82) is 0 Å². The van der Waals surface area contributed by atoms with E-state index in [0.717, 1.165) is 0 Å². The first-order valence-electron chi connectivity index (χ1n) is 4.27. The molecule has 1 aromatic rings. The molecule has 0 aliphatic rings. The molecular weight excluding hydrogens is 269 g/mol. The van der Waals surface area contributed by atoms with Gasteiger partial charge >= 0.3 is 0 Å². The molecular formula is C9H9Cl2N3OS. The Kier molecular flexibility index (Phi) is 4.79. The van der Waals surface area contributed by atoms with Gasteiger partial charge in [0.25, 0.3) is 0 Å². The van der Waals surface area contributed by atoms with Crippen molar-refractivity contribution in [3.63, 3.8) is 0 Å². The van der Waals surface area contributed by atoms with Gasteiger partial charge in [-0.3, -0.25) is 15.6 Å². The number of nitrogens with one attached hydrogen (secondary N) is 3. The second-order valence-corrected chi connectivity index (χ2v) is 4.20. The Labute approximate surface area is 108 Å². The van der Waals surface area contributed by atoms with E-state index in [1.54, 1.807) is 18.2 Å². The molecule has 1 amide bonds. The average Bonchev–Trinajstić information content (AvgIpc) is 2.12. The molecule has 0 aliphatic carbocycles. The van der Waals surface area contributed by atoms with Crippen molar-refractivity contribution in [3.05, 3.63) is 28.2 Å². The van der Waals surface area contributed by atoms with Gasteiger partial charge in [0.2, 0.25) is 5.91 Å². The lowest BCUT2D eigenvalue weighted by atomic mass is 10.3. The van der Waals surface area contributed by atoms with Gasteiger partial charge in [0.05, 0.1) is 0 Å². The Hall–Kier alpha value is -1.04. The molecule has 1 rings (SSSR count). The van der Waals surface area contributed by atoms with E-state index in [2.05, 4.69) is 16.2 Å². The molecule has 7 heteroatoms. The second kappa shape index (κ2) is 5.89. The van der Waals surface area contributed by atoms with Crippen LogP contribution in [-0.2, 0) is 4.79 Å². The Bertz CT molecular complexity index is 405. The van der Waals surface area contributed by atoms with Crippen LogP contribution in [0.25, 0.3) is 0 Å². The largest absolute Gasteiger partial charge is 0.331 e. The lowest BCUT2D eigenvalue weighted by Crippen LogP contribution is -2.42. The number of rotatable bonds is 1. The fourth-order valence-electron chi connectivity index (χ4n) is 0.933. The van der Waals surface area contributed by atoms with Gasteiger partial charge in [-0.2, -0.15) is 0 Å². The SMILES string of the molecule is CC(=O)NNC(=S)Nc1cc(Cl)cc(Cl)c1. The quantitative estimate of drug-likeness (QED) is 0.545. The van der Waals surface area contributed by atoms with E-state index in [9.17, 15) is 4.79 Å². The van der Waals surface area contributed by atoms with Gasteiger partial charge in [0.1, 0.15) is 0 Å². The maximum absolute atomic E-state index is 10.6. The summed E-state index contributed by atoms with van der Waals surface area (Å²) in [4.78, 5) is 10.6. The third kappa shape index (κ3) is 4.65. The fraction of sp³-hybridized carbons (Fsp3) is 0.111. The number of halogens is 2. The normalized spacial score (nSPS) is 9.44. The molecule has 4 nitrogen and oxygen atoms in total. The van der Waals surface area contributed by atoms with Crippen molar-refractivity contribution in [2.75, 3.05) is 5.32 Å². The molecule has 0 aliphatic heterocycles. The summed E-state index contributed by atoms with van der Waals surface area (Å²) in [5.41, 5.74) is 5.48. The molecule has 0 radical (unpaired) electrons. The van der Waals surface area contributed by atoms with Crippen molar-refractivity contribution >= 4 is 52.1 Å². The van der Waals surface area contributed by atoms with Crippen LogP contribution in [0.15, 0.2) is 18.2 Å². The smallest absolute Gasteiger partial charge is 0.235 e. The molecule has 1 aromatic carbocycles. The van der Waals surface area contributed by atoms with E-state index in [-0.39, 0.29) is 11.0 Å². The van der Waals surface area contributed by atoms with Crippen LogP contribution >= 0.6 is 35.4 Å². The van der Waals surface area contributed by atoms with Crippen molar-refractivity contribution in [1.82, 2.24) is 10.9 Å². The summed E-state index contributed by atoms with van der Waals surface area (Å²) in [7, 11) is 0. The summed E-state index contributed by atoms with van der Waals surface area (Å²) < 4.78 is 0. The highest BCUT2D eigenvalue weighted by atomic mass is 35.5. The Morgan fingerprint density at radius 3 is 2.25 bits per heavy atom. The molecule has 3 N–H and O–H groups in total. The van der Waals surface area contributed by atoms with Gasteiger partial charge in [-0.25, -0.2) is 0 Å². The molecule has 0 atom stereocenters. The van der Waals surface area contributed by atoms with E-state index >= 15 is 0 Å². The molecule has 0 aromatic heterocycles. The number of thiocarbonyl (C=S) groups is 1. The summed E-state index contributed by atoms with van der Waals surface area (Å²) in [5, 5.41) is 4.05. The zero-order valence-electron chi connectivity index (χ0n) is 8.30. The van der Waals surface area contributed by atoms with Crippen LogP contribution in [0.2, 0.25) is 10.0 Å². The first-order valence-corrected chi connectivity index (χ1v) is 5.43. The number of anilines is 1. The molecule has 0 fully saturated rings. The number of hydrazine groups is 1. The molecule has 0 unspecified atom stereocenters. The lowest BCUT2D eigenvalue weighted by Gasteiger charge is -2.10. The zero-order valence-corrected chi connectivity index (χ0v) is 10.6. The van der Waals surface area contributed by atoms with Crippen molar-refractivity contribution < 1.29 is 4.79 Å². The van der Waals surface area contributed by atoms with E-state index in [1.165, 1.54) is 6.92 Å². The molecule has 0 spiro atoms. The number of hydrogen-bond acceptors (Lipinski definition) is 2. The highest BCUT2D eigenvalue weighted by Gasteiger charge is 2.00. The summed E-state index contributed by atoms with van der Waals surface area (Å²) in [6.07, 6.45) is 0. The van der Waals surface area contributed by atoms with Crippen LogP contribution in [0, 0.1) is 0 Å². The number of amides is 1. The summed E-state index contributed by atoms with van der Waals surface area (Å²) >= 11 is 16.5. The fourth-order valence-corrected chi connectivity index (χ4v) is 1.63. The summed E-state index contributed by atoms with van der Waals surface area (Å²) in [6.45, 7) is 1.37. The number of benzene rings is 1. The van der Waals surface area contributed by atoms with E-state index < -0.39 is 0 Å². The van der Waals surface area contributed by atoms with Gasteiger partial charge in [-0.15, -0.1) is 0 Å². The lowest BCUT2D eigenvalue weighted by molar-refractivity contribution is -0.119. The summed E-state index contributed by atoms with van der Waals surface area (Å²) in [5.74, 6) is -0.242. The Morgan fingerprint density at radius 2 is 1.75 bits per heavy atom. The van der Waals surface area contributed by atoms with Crippen molar-refractivity contribution in [3.8, 4) is 0 Å². The molecule has 86 valence electrons. The third-order valence-electron chi connectivity index (χ3n) is 1.47. The Morgan fingerprint density at radius 1 is 1.19 bits per heavy atom. The van der Waals surface area contributed by atoms with Gasteiger partial charge in [0.15, 0.2) is 5.11 Å². The van der Waals surface area contributed by atoms with Crippen molar-refractivity contribution in [2.24, 2.45) is 0 Å². The minimum Gasteiger partial charge on any atom is -0.331 e. The van der Waals surface area contributed by atoms with Crippen LogP contribution in [0.5, 0.6) is 0 Å². The second-order valence-electron chi connectivity index (χ2n) is 2.92. The highest BCUT2D eigenvalue weighted by molar-refractivity contribution is 7.80. The molecule has 0 saturated heterocycles. The topological polar surface area (TPSA) is 53.2 Å². The van der Waals surface area contributed by atoms with Gasteiger partial charge in [-0.1, -0.05) is 23.2 Å². The minimum atomic E-state index is -0.242. The van der Waals surface area contributed by atoms with Crippen molar-refractivity contribution in [2.45, 2.75) is 6.92 Å². The van der Waals surface area contributed by atoms with E-state index in [0.29, 0.717) is 15.7 Å². The first-order chi connectivity index (χ1) is 7.47. The average molecular weight is 278 g/mol. The van der Waals surface area contributed by atoms with Gasteiger partial charge in [0, 0.05) is 22.7 Å². The maximum atomic E-state index is 10.6. The maximum Gasteiger partial charge on any atom is 0.235 e. The van der Waals surface area contributed by atoms with E-state index in [1.807, 2.05) is 0 Å².